The smallest absolute Gasteiger partial charge is 0.339 e. The molecular formula is C16H15NO5. The minimum atomic E-state index is -0.627. The van der Waals surface area contributed by atoms with Gasteiger partial charge in [0.1, 0.15) is 6.61 Å². The van der Waals surface area contributed by atoms with Crippen LogP contribution in [0.1, 0.15) is 34.1 Å². The molecule has 0 radical (unpaired) electrons. The zero-order valence-corrected chi connectivity index (χ0v) is 12.3. The van der Waals surface area contributed by atoms with Crippen LogP contribution < -0.4 is 0 Å². The van der Waals surface area contributed by atoms with Crippen LogP contribution in [0, 0.1) is 0 Å². The van der Waals surface area contributed by atoms with Crippen molar-refractivity contribution in [2.24, 2.45) is 4.99 Å². The van der Waals surface area contributed by atoms with Gasteiger partial charge in [0.05, 0.1) is 23.9 Å². The van der Waals surface area contributed by atoms with E-state index < -0.39 is 11.9 Å². The van der Waals surface area contributed by atoms with Crippen LogP contribution in [-0.2, 0) is 14.3 Å². The summed E-state index contributed by atoms with van der Waals surface area (Å²) in [5, 5.41) is 0. The van der Waals surface area contributed by atoms with E-state index in [1.54, 1.807) is 12.1 Å². The van der Waals surface area contributed by atoms with Crippen LogP contribution in [0.3, 0.4) is 0 Å². The first-order valence-electron chi connectivity index (χ1n) is 6.63. The highest BCUT2D eigenvalue weighted by Crippen LogP contribution is 2.16. The molecule has 0 aromatic heterocycles. The SMILES string of the molecule is COC(=O)c1ccccc1C(=O)OCC1=CN=C(C(C)=O)C1. The van der Waals surface area contributed by atoms with Gasteiger partial charge in [-0.1, -0.05) is 12.1 Å². The molecule has 0 saturated carbocycles. The standard InChI is InChI=1S/C16H15NO5/c1-10(18)14-7-11(8-17-14)9-22-16(20)13-6-4-3-5-12(13)15(19)21-2/h3-6,8H,7,9H2,1-2H3. The molecule has 22 heavy (non-hydrogen) atoms. The molecule has 0 bridgehead atoms. The Bertz CT molecular complexity index is 688. The van der Waals surface area contributed by atoms with E-state index in [-0.39, 0.29) is 23.5 Å². The molecule has 0 unspecified atom stereocenters. The van der Waals surface area contributed by atoms with E-state index in [0.717, 1.165) is 5.57 Å². The van der Waals surface area contributed by atoms with Gasteiger partial charge in [0, 0.05) is 19.5 Å². The van der Waals surface area contributed by atoms with E-state index in [0.29, 0.717) is 12.1 Å². The van der Waals surface area contributed by atoms with E-state index >= 15 is 0 Å². The molecule has 1 aromatic rings. The minimum Gasteiger partial charge on any atom is -0.465 e. The van der Waals surface area contributed by atoms with Crippen molar-refractivity contribution < 1.29 is 23.9 Å². The summed E-state index contributed by atoms with van der Waals surface area (Å²) in [5.41, 5.74) is 1.46. The van der Waals surface area contributed by atoms with Crippen LogP contribution >= 0.6 is 0 Å². The Morgan fingerprint density at radius 3 is 2.32 bits per heavy atom. The lowest BCUT2D eigenvalue weighted by Gasteiger charge is -2.08. The molecular weight excluding hydrogens is 286 g/mol. The molecule has 0 saturated heterocycles. The van der Waals surface area contributed by atoms with Crippen molar-refractivity contribution in [1.29, 1.82) is 0 Å². The van der Waals surface area contributed by atoms with Gasteiger partial charge in [0.25, 0.3) is 0 Å². The summed E-state index contributed by atoms with van der Waals surface area (Å²) >= 11 is 0. The van der Waals surface area contributed by atoms with Crippen molar-refractivity contribution in [2.45, 2.75) is 13.3 Å². The number of methoxy groups -OCH3 is 1. The fourth-order valence-electron chi connectivity index (χ4n) is 1.96. The average Bonchev–Trinajstić information content (AvgIpc) is 3.01. The van der Waals surface area contributed by atoms with Crippen molar-refractivity contribution in [2.75, 3.05) is 13.7 Å². The van der Waals surface area contributed by atoms with E-state index in [1.165, 1.54) is 32.4 Å². The molecule has 0 atom stereocenters. The van der Waals surface area contributed by atoms with Crippen LogP contribution in [0.2, 0.25) is 0 Å². The van der Waals surface area contributed by atoms with Gasteiger partial charge in [0.2, 0.25) is 0 Å². The highest BCUT2D eigenvalue weighted by atomic mass is 16.5. The molecule has 0 N–H and O–H groups in total. The fraction of sp³-hybridized carbons (Fsp3) is 0.250. The Kier molecular flexibility index (Phi) is 4.83. The van der Waals surface area contributed by atoms with Crippen molar-refractivity contribution in [3.8, 4) is 0 Å². The summed E-state index contributed by atoms with van der Waals surface area (Å²) in [6, 6.07) is 6.26. The van der Waals surface area contributed by atoms with E-state index in [1.807, 2.05) is 0 Å². The summed E-state index contributed by atoms with van der Waals surface area (Å²) in [4.78, 5) is 38.9. The molecule has 2 rings (SSSR count). The number of benzene rings is 1. The zero-order valence-electron chi connectivity index (χ0n) is 12.3. The number of Topliss-reactive ketones (excluding diaryl/α,β-unsaturated/α-hetero) is 1. The molecule has 0 fully saturated rings. The summed E-state index contributed by atoms with van der Waals surface area (Å²) < 4.78 is 9.81. The maximum Gasteiger partial charge on any atom is 0.339 e. The van der Waals surface area contributed by atoms with Crippen molar-refractivity contribution in [1.82, 2.24) is 0 Å². The lowest BCUT2D eigenvalue weighted by atomic mass is 10.1. The number of esters is 2. The molecule has 6 nitrogen and oxygen atoms in total. The van der Waals surface area contributed by atoms with Crippen LogP contribution in [-0.4, -0.2) is 37.2 Å². The van der Waals surface area contributed by atoms with Crippen LogP contribution in [0.5, 0.6) is 0 Å². The van der Waals surface area contributed by atoms with Gasteiger partial charge in [0.15, 0.2) is 5.78 Å². The predicted molar refractivity (Wildman–Crippen MR) is 78.9 cm³/mol. The molecule has 0 spiro atoms. The lowest BCUT2D eigenvalue weighted by Crippen LogP contribution is -2.15. The fourth-order valence-corrected chi connectivity index (χ4v) is 1.96. The molecule has 1 aliphatic rings. The number of hydrogen-bond donors (Lipinski definition) is 0. The Labute approximate surface area is 127 Å². The highest BCUT2D eigenvalue weighted by Gasteiger charge is 2.20. The first-order chi connectivity index (χ1) is 10.5. The van der Waals surface area contributed by atoms with E-state index in [4.69, 9.17) is 4.74 Å². The third-order valence-electron chi connectivity index (χ3n) is 3.14. The van der Waals surface area contributed by atoms with E-state index in [2.05, 4.69) is 9.73 Å². The second-order valence-electron chi connectivity index (χ2n) is 4.71. The second-order valence-corrected chi connectivity index (χ2v) is 4.71. The topological polar surface area (TPSA) is 82.0 Å². The molecule has 1 aromatic carbocycles. The van der Waals surface area contributed by atoms with Crippen molar-refractivity contribution >= 4 is 23.4 Å². The Hall–Kier alpha value is -2.76. The maximum absolute atomic E-state index is 12.1. The average molecular weight is 301 g/mol. The first-order valence-corrected chi connectivity index (χ1v) is 6.63. The molecule has 1 heterocycles. The molecule has 114 valence electrons. The molecule has 0 amide bonds. The number of rotatable bonds is 5. The number of ether oxygens (including phenoxy) is 2. The van der Waals surface area contributed by atoms with Crippen LogP contribution in [0.15, 0.2) is 41.0 Å². The number of carbonyl (C=O) groups excluding carboxylic acids is 3. The molecule has 1 aliphatic heterocycles. The van der Waals surface area contributed by atoms with Gasteiger partial charge in [-0.15, -0.1) is 0 Å². The third-order valence-corrected chi connectivity index (χ3v) is 3.14. The maximum atomic E-state index is 12.1. The van der Waals surface area contributed by atoms with Crippen LogP contribution in [0.25, 0.3) is 0 Å². The van der Waals surface area contributed by atoms with Crippen molar-refractivity contribution in [3.63, 3.8) is 0 Å². The van der Waals surface area contributed by atoms with Crippen molar-refractivity contribution in [3.05, 3.63) is 47.2 Å². The number of carbonyl (C=O) groups is 3. The summed E-state index contributed by atoms with van der Waals surface area (Å²) in [6.07, 6.45) is 1.90. The van der Waals surface area contributed by atoms with Gasteiger partial charge in [-0.2, -0.15) is 0 Å². The largest absolute Gasteiger partial charge is 0.465 e. The minimum absolute atomic E-state index is 0.0224. The zero-order chi connectivity index (χ0) is 16.1. The van der Waals surface area contributed by atoms with Gasteiger partial charge in [-0.3, -0.25) is 9.79 Å². The highest BCUT2D eigenvalue weighted by molar-refractivity contribution is 6.40. The number of aliphatic imine (C=N–C) groups is 1. The monoisotopic (exact) mass is 301 g/mol. The van der Waals surface area contributed by atoms with Crippen LogP contribution in [0.4, 0.5) is 0 Å². The van der Waals surface area contributed by atoms with Gasteiger partial charge in [-0.25, -0.2) is 9.59 Å². The first kappa shape index (κ1) is 15.6. The van der Waals surface area contributed by atoms with Gasteiger partial charge in [-0.05, 0) is 17.7 Å². The van der Waals surface area contributed by atoms with E-state index in [9.17, 15) is 14.4 Å². The third kappa shape index (κ3) is 3.46. The Balaban J connectivity index is 2.00. The molecule has 0 aliphatic carbocycles. The summed E-state index contributed by atoms with van der Waals surface area (Å²) in [6.45, 7) is 1.46. The quantitative estimate of drug-likeness (QED) is 0.776. The lowest BCUT2D eigenvalue weighted by molar-refractivity contribution is -0.111. The second kappa shape index (κ2) is 6.80. The number of ketones is 1. The van der Waals surface area contributed by atoms with Gasteiger partial charge >= 0.3 is 11.9 Å². The predicted octanol–water partition coefficient (Wildman–Crippen LogP) is 1.95. The normalized spacial score (nSPS) is 13.2. The summed E-state index contributed by atoms with van der Waals surface area (Å²) in [5.74, 6) is -1.33. The summed E-state index contributed by atoms with van der Waals surface area (Å²) in [7, 11) is 1.24. The Morgan fingerprint density at radius 1 is 1.14 bits per heavy atom. The number of hydrogen-bond acceptors (Lipinski definition) is 6. The Morgan fingerprint density at radius 2 is 1.77 bits per heavy atom. The molecule has 6 heteroatoms. The number of nitrogens with zero attached hydrogens (tertiary/aromatic N) is 1. The van der Waals surface area contributed by atoms with Gasteiger partial charge < -0.3 is 9.47 Å².